The number of ether oxygens (including phenoxy) is 1. The third kappa shape index (κ3) is 5.09. The predicted octanol–water partition coefficient (Wildman–Crippen LogP) is 1.35. The van der Waals surface area contributed by atoms with Gasteiger partial charge in [0, 0.05) is 11.6 Å². The van der Waals surface area contributed by atoms with Crippen molar-refractivity contribution in [3.63, 3.8) is 0 Å². The lowest BCUT2D eigenvalue weighted by atomic mass is 10.1. The summed E-state index contributed by atoms with van der Waals surface area (Å²) in [6.45, 7) is 1.74. The average Bonchev–Trinajstić information content (AvgIpc) is 2.45. The van der Waals surface area contributed by atoms with Gasteiger partial charge in [-0.1, -0.05) is 17.3 Å². The van der Waals surface area contributed by atoms with Gasteiger partial charge in [-0.3, -0.25) is 9.59 Å². The fourth-order valence-corrected chi connectivity index (χ4v) is 1.53. The molecular formula is C14H18N2O4. The van der Waals surface area contributed by atoms with Crippen molar-refractivity contribution in [3.8, 4) is 0 Å². The number of esters is 1. The Morgan fingerprint density at radius 1 is 1.30 bits per heavy atom. The molecule has 0 saturated heterocycles. The van der Waals surface area contributed by atoms with Crippen LogP contribution in [0.4, 0.5) is 0 Å². The quantitative estimate of drug-likeness (QED) is 0.484. The fraction of sp³-hybridized carbons (Fsp3) is 0.357. The van der Waals surface area contributed by atoms with Gasteiger partial charge in [-0.25, -0.2) is 0 Å². The van der Waals surface area contributed by atoms with Crippen LogP contribution in [0.2, 0.25) is 0 Å². The lowest BCUT2D eigenvalue weighted by Crippen LogP contribution is -2.34. The van der Waals surface area contributed by atoms with Crippen LogP contribution in [-0.2, 0) is 14.4 Å². The summed E-state index contributed by atoms with van der Waals surface area (Å²) in [5.74, 6) is -0.597. The fourth-order valence-electron chi connectivity index (χ4n) is 1.53. The zero-order chi connectivity index (χ0) is 15.0. The highest BCUT2D eigenvalue weighted by atomic mass is 16.6. The molecule has 6 nitrogen and oxygen atoms in total. The lowest BCUT2D eigenvalue weighted by Gasteiger charge is -2.12. The van der Waals surface area contributed by atoms with Gasteiger partial charge in [0.25, 0.3) is 5.91 Å². The van der Waals surface area contributed by atoms with E-state index in [-0.39, 0.29) is 24.3 Å². The Bertz CT molecular complexity index is 482. The Morgan fingerprint density at radius 3 is 2.50 bits per heavy atom. The Kier molecular flexibility index (Phi) is 6.22. The van der Waals surface area contributed by atoms with Gasteiger partial charge >= 0.3 is 5.97 Å². The van der Waals surface area contributed by atoms with Gasteiger partial charge in [0.2, 0.25) is 0 Å². The predicted molar refractivity (Wildman–Crippen MR) is 74.6 cm³/mol. The van der Waals surface area contributed by atoms with Crippen molar-refractivity contribution < 1.29 is 19.2 Å². The summed E-state index contributed by atoms with van der Waals surface area (Å²) in [6, 6.07) is 6.57. The van der Waals surface area contributed by atoms with E-state index >= 15 is 0 Å². The number of nitrogens with one attached hydrogen (secondary N) is 1. The van der Waals surface area contributed by atoms with Crippen molar-refractivity contribution in [1.82, 2.24) is 5.32 Å². The summed E-state index contributed by atoms with van der Waals surface area (Å²) in [5, 5.41) is 6.36. The van der Waals surface area contributed by atoms with Crippen LogP contribution in [0.1, 0.15) is 29.3 Å². The first-order valence-electron chi connectivity index (χ1n) is 6.11. The number of hydrogen-bond donors (Lipinski definition) is 1. The minimum Gasteiger partial charge on any atom is -0.469 e. The molecule has 0 heterocycles. The van der Waals surface area contributed by atoms with Crippen molar-refractivity contribution in [2.45, 2.75) is 19.4 Å². The SMILES string of the molecule is CO/N=C/c1ccc(C(=O)NC(C)CC(=O)OC)cc1. The first-order chi connectivity index (χ1) is 9.56. The molecule has 0 bridgehead atoms. The van der Waals surface area contributed by atoms with Crippen LogP contribution in [0.25, 0.3) is 0 Å². The Labute approximate surface area is 117 Å². The molecule has 1 rings (SSSR count). The highest BCUT2D eigenvalue weighted by molar-refractivity contribution is 5.95. The zero-order valence-corrected chi connectivity index (χ0v) is 11.8. The number of carbonyl (C=O) groups excluding carboxylic acids is 2. The van der Waals surface area contributed by atoms with Crippen LogP contribution in [0, 0.1) is 0 Å². The number of carbonyl (C=O) groups is 2. The van der Waals surface area contributed by atoms with Gasteiger partial charge < -0.3 is 14.9 Å². The second-order valence-corrected chi connectivity index (χ2v) is 4.19. The topological polar surface area (TPSA) is 77.0 Å². The smallest absolute Gasteiger partial charge is 0.307 e. The van der Waals surface area contributed by atoms with Gasteiger partial charge in [0.05, 0.1) is 19.7 Å². The van der Waals surface area contributed by atoms with E-state index in [9.17, 15) is 9.59 Å². The van der Waals surface area contributed by atoms with Crippen molar-refractivity contribution in [2.24, 2.45) is 5.16 Å². The monoisotopic (exact) mass is 278 g/mol. The molecule has 1 unspecified atom stereocenters. The number of hydrogen-bond acceptors (Lipinski definition) is 5. The molecule has 6 heteroatoms. The standard InChI is InChI=1S/C14H18N2O4/c1-10(8-13(17)19-2)16-14(18)12-6-4-11(5-7-12)9-15-20-3/h4-7,9-10H,8H2,1-3H3,(H,16,18)/b15-9+. The summed E-state index contributed by atoms with van der Waals surface area (Å²) in [5.41, 5.74) is 1.34. The van der Waals surface area contributed by atoms with Crippen LogP contribution in [0.3, 0.4) is 0 Å². The molecule has 108 valence electrons. The normalized spacial score (nSPS) is 11.9. The molecule has 0 spiro atoms. The number of methoxy groups -OCH3 is 1. The number of nitrogens with zero attached hydrogens (tertiary/aromatic N) is 1. The first-order valence-corrected chi connectivity index (χ1v) is 6.11. The van der Waals surface area contributed by atoms with E-state index in [1.807, 2.05) is 0 Å². The molecule has 0 saturated carbocycles. The molecule has 1 aromatic carbocycles. The van der Waals surface area contributed by atoms with E-state index in [0.717, 1.165) is 5.56 Å². The summed E-state index contributed by atoms with van der Waals surface area (Å²) in [7, 11) is 2.78. The Morgan fingerprint density at radius 2 is 1.95 bits per heavy atom. The summed E-state index contributed by atoms with van der Waals surface area (Å²) >= 11 is 0. The maximum Gasteiger partial charge on any atom is 0.307 e. The molecule has 1 amide bonds. The van der Waals surface area contributed by atoms with Crippen LogP contribution in [0.5, 0.6) is 0 Å². The van der Waals surface area contributed by atoms with Gasteiger partial charge in [0.1, 0.15) is 7.11 Å². The van der Waals surface area contributed by atoms with Gasteiger partial charge in [0.15, 0.2) is 0 Å². The Hall–Kier alpha value is -2.37. The second kappa shape index (κ2) is 7.93. The first kappa shape index (κ1) is 15.7. The minimum absolute atomic E-state index is 0.140. The highest BCUT2D eigenvalue weighted by Gasteiger charge is 2.13. The number of rotatable bonds is 6. The third-order valence-corrected chi connectivity index (χ3v) is 2.56. The largest absolute Gasteiger partial charge is 0.469 e. The average molecular weight is 278 g/mol. The van der Waals surface area contributed by atoms with Crippen LogP contribution < -0.4 is 5.32 Å². The Balaban J connectivity index is 2.59. The van der Waals surface area contributed by atoms with Gasteiger partial charge in [-0.05, 0) is 24.6 Å². The molecule has 0 aliphatic heterocycles. The van der Waals surface area contributed by atoms with Crippen molar-refractivity contribution in [2.75, 3.05) is 14.2 Å². The number of benzene rings is 1. The molecule has 1 aromatic rings. The van der Waals surface area contributed by atoms with E-state index in [2.05, 4.69) is 20.0 Å². The summed E-state index contributed by atoms with van der Waals surface area (Å²) in [4.78, 5) is 27.6. The number of amides is 1. The minimum atomic E-state index is -0.357. The molecule has 0 aliphatic carbocycles. The maximum atomic E-state index is 11.9. The molecular weight excluding hydrogens is 260 g/mol. The van der Waals surface area contributed by atoms with Crippen LogP contribution in [-0.4, -0.2) is 38.4 Å². The number of oxime groups is 1. The molecule has 0 radical (unpaired) electrons. The molecule has 1 atom stereocenters. The van der Waals surface area contributed by atoms with E-state index < -0.39 is 0 Å². The maximum absolute atomic E-state index is 11.9. The molecule has 1 N–H and O–H groups in total. The van der Waals surface area contributed by atoms with Gasteiger partial charge in [-0.15, -0.1) is 0 Å². The van der Waals surface area contributed by atoms with Crippen molar-refractivity contribution >= 4 is 18.1 Å². The van der Waals surface area contributed by atoms with E-state index in [1.54, 1.807) is 37.4 Å². The highest BCUT2D eigenvalue weighted by Crippen LogP contribution is 2.04. The molecule has 20 heavy (non-hydrogen) atoms. The van der Waals surface area contributed by atoms with Crippen molar-refractivity contribution in [3.05, 3.63) is 35.4 Å². The summed E-state index contributed by atoms with van der Waals surface area (Å²) in [6.07, 6.45) is 1.68. The third-order valence-electron chi connectivity index (χ3n) is 2.56. The zero-order valence-electron chi connectivity index (χ0n) is 11.8. The van der Waals surface area contributed by atoms with Crippen LogP contribution >= 0.6 is 0 Å². The lowest BCUT2D eigenvalue weighted by molar-refractivity contribution is -0.141. The molecule has 0 fully saturated rings. The van der Waals surface area contributed by atoms with E-state index in [4.69, 9.17) is 0 Å². The van der Waals surface area contributed by atoms with Gasteiger partial charge in [-0.2, -0.15) is 0 Å². The van der Waals surface area contributed by atoms with E-state index in [0.29, 0.717) is 5.56 Å². The second-order valence-electron chi connectivity index (χ2n) is 4.19. The molecule has 0 aliphatic rings. The molecule has 0 aromatic heterocycles. The van der Waals surface area contributed by atoms with Crippen LogP contribution in [0.15, 0.2) is 29.4 Å². The van der Waals surface area contributed by atoms with E-state index in [1.165, 1.54) is 14.2 Å². The van der Waals surface area contributed by atoms with Crippen molar-refractivity contribution in [1.29, 1.82) is 0 Å². The summed E-state index contributed by atoms with van der Waals surface area (Å²) < 4.78 is 4.54.